The van der Waals surface area contributed by atoms with E-state index in [-0.39, 0.29) is 0 Å². The third-order valence-corrected chi connectivity index (χ3v) is 3.39. The van der Waals surface area contributed by atoms with Gasteiger partial charge in [-0.25, -0.2) is 9.97 Å². The highest BCUT2D eigenvalue weighted by Crippen LogP contribution is 2.29. The Labute approximate surface area is 120 Å². The van der Waals surface area contributed by atoms with Gasteiger partial charge in [-0.3, -0.25) is 0 Å². The number of aryl methyl sites for hydroxylation is 1. The fourth-order valence-electron chi connectivity index (χ4n) is 2.25. The standard InChI is InChI=1S/C16H22N4/c1-5-10-17-15-13(3)16(19-11-18-15)20(4)14-9-7-6-8-12(14)2/h6-9,11H,5,10H2,1-4H3,(H,17,18,19). The first-order valence-electron chi connectivity index (χ1n) is 7.00. The van der Waals surface area contributed by atoms with Crippen molar-refractivity contribution in [2.45, 2.75) is 27.2 Å². The molecule has 4 nitrogen and oxygen atoms in total. The van der Waals surface area contributed by atoms with Crippen LogP contribution in [-0.4, -0.2) is 23.6 Å². The lowest BCUT2D eigenvalue weighted by Crippen LogP contribution is -2.16. The second kappa shape index (κ2) is 6.37. The Morgan fingerprint density at radius 2 is 1.90 bits per heavy atom. The van der Waals surface area contributed by atoms with E-state index in [4.69, 9.17) is 0 Å². The minimum atomic E-state index is 0.914. The molecule has 2 aromatic rings. The SMILES string of the molecule is CCCNc1ncnc(N(C)c2ccccc2C)c1C. The summed E-state index contributed by atoms with van der Waals surface area (Å²) in [4.78, 5) is 10.9. The average molecular weight is 270 g/mol. The fourth-order valence-corrected chi connectivity index (χ4v) is 2.25. The molecule has 1 aromatic heterocycles. The van der Waals surface area contributed by atoms with Gasteiger partial charge >= 0.3 is 0 Å². The van der Waals surface area contributed by atoms with Gasteiger partial charge in [-0.15, -0.1) is 0 Å². The number of nitrogens with one attached hydrogen (secondary N) is 1. The van der Waals surface area contributed by atoms with Crippen LogP contribution in [-0.2, 0) is 0 Å². The van der Waals surface area contributed by atoms with Crippen molar-refractivity contribution in [2.75, 3.05) is 23.8 Å². The topological polar surface area (TPSA) is 41.1 Å². The zero-order valence-electron chi connectivity index (χ0n) is 12.6. The minimum Gasteiger partial charge on any atom is -0.370 e. The van der Waals surface area contributed by atoms with E-state index >= 15 is 0 Å². The zero-order chi connectivity index (χ0) is 14.5. The van der Waals surface area contributed by atoms with E-state index < -0.39 is 0 Å². The molecule has 1 heterocycles. The summed E-state index contributed by atoms with van der Waals surface area (Å²) in [6.45, 7) is 7.23. The molecule has 1 N–H and O–H groups in total. The number of aromatic nitrogens is 2. The van der Waals surface area contributed by atoms with Crippen LogP contribution in [0.2, 0.25) is 0 Å². The van der Waals surface area contributed by atoms with E-state index in [9.17, 15) is 0 Å². The molecule has 0 bridgehead atoms. The number of hydrogen-bond donors (Lipinski definition) is 1. The predicted octanol–water partition coefficient (Wildman–Crippen LogP) is 3.68. The molecule has 0 saturated carbocycles. The van der Waals surface area contributed by atoms with Crippen LogP contribution < -0.4 is 10.2 Å². The quantitative estimate of drug-likeness (QED) is 0.899. The predicted molar refractivity (Wildman–Crippen MR) is 84.8 cm³/mol. The van der Waals surface area contributed by atoms with E-state index in [0.29, 0.717) is 0 Å². The van der Waals surface area contributed by atoms with Gasteiger partial charge in [0.15, 0.2) is 0 Å². The normalized spacial score (nSPS) is 10.4. The molecular formula is C16H22N4. The van der Waals surface area contributed by atoms with Crippen LogP contribution in [0.5, 0.6) is 0 Å². The van der Waals surface area contributed by atoms with Crippen LogP contribution in [0, 0.1) is 13.8 Å². The highest BCUT2D eigenvalue weighted by Gasteiger charge is 2.13. The highest BCUT2D eigenvalue weighted by atomic mass is 15.2. The number of anilines is 3. The lowest BCUT2D eigenvalue weighted by atomic mass is 10.1. The van der Waals surface area contributed by atoms with Crippen LogP contribution >= 0.6 is 0 Å². The van der Waals surface area contributed by atoms with Crippen molar-refractivity contribution in [3.63, 3.8) is 0 Å². The summed E-state index contributed by atoms with van der Waals surface area (Å²) in [6, 6.07) is 8.31. The summed E-state index contributed by atoms with van der Waals surface area (Å²) < 4.78 is 0. The van der Waals surface area contributed by atoms with Gasteiger partial charge in [0.1, 0.15) is 18.0 Å². The van der Waals surface area contributed by atoms with E-state index in [1.165, 1.54) is 5.56 Å². The van der Waals surface area contributed by atoms with Gasteiger partial charge < -0.3 is 10.2 Å². The second-order valence-corrected chi connectivity index (χ2v) is 4.94. The molecule has 2 rings (SSSR count). The molecule has 0 amide bonds. The van der Waals surface area contributed by atoms with Crippen LogP contribution in [0.15, 0.2) is 30.6 Å². The Hall–Kier alpha value is -2.10. The number of rotatable bonds is 5. The summed E-state index contributed by atoms with van der Waals surface area (Å²) >= 11 is 0. The molecule has 4 heteroatoms. The maximum Gasteiger partial charge on any atom is 0.141 e. The minimum absolute atomic E-state index is 0.914. The molecule has 1 aromatic carbocycles. The maximum atomic E-state index is 4.44. The first kappa shape index (κ1) is 14.3. The van der Waals surface area contributed by atoms with Crippen LogP contribution in [0.3, 0.4) is 0 Å². The molecule has 0 aliphatic heterocycles. The fraction of sp³-hybridized carbons (Fsp3) is 0.375. The van der Waals surface area contributed by atoms with Gasteiger partial charge in [-0.05, 0) is 31.9 Å². The lowest BCUT2D eigenvalue weighted by molar-refractivity contribution is 0.954. The third-order valence-electron chi connectivity index (χ3n) is 3.39. The van der Waals surface area contributed by atoms with Crippen LogP contribution in [0.25, 0.3) is 0 Å². The molecule has 0 radical (unpaired) electrons. The smallest absolute Gasteiger partial charge is 0.141 e. The molecule has 0 aliphatic carbocycles. The van der Waals surface area contributed by atoms with Gasteiger partial charge in [0, 0.05) is 24.8 Å². The van der Waals surface area contributed by atoms with Crippen molar-refractivity contribution >= 4 is 17.3 Å². The number of hydrogen-bond acceptors (Lipinski definition) is 4. The molecule has 0 spiro atoms. The van der Waals surface area contributed by atoms with E-state index in [1.54, 1.807) is 6.33 Å². The summed E-state index contributed by atoms with van der Waals surface area (Å²) in [7, 11) is 2.04. The third kappa shape index (κ3) is 2.90. The van der Waals surface area contributed by atoms with Crippen molar-refractivity contribution in [3.05, 3.63) is 41.7 Å². The Morgan fingerprint density at radius 1 is 1.15 bits per heavy atom. The van der Waals surface area contributed by atoms with Gasteiger partial charge in [-0.1, -0.05) is 25.1 Å². The Bertz CT molecular complexity index is 580. The van der Waals surface area contributed by atoms with Crippen molar-refractivity contribution in [2.24, 2.45) is 0 Å². The average Bonchev–Trinajstić information content (AvgIpc) is 2.46. The molecule has 0 fully saturated rings. The van der Waals surface area contributed by atoms with Crippen molar-refractivity contribution in [3.8, 4) is 0 Å². The van der Waals surface area contributed by atoms with Crippen molar-refractivity contribution in [1.82, 2.24) is 9.97 Å². The monoisotopic (exact) mass is 270 g/mol. The zero-order valence-corrected chi connectivity index (χ0v) is 12.6. The number of nitrogens with zero attached hydrogens (tertiary/aromatic N) is 3. The van der Waals surface area contributed by atoms with E-state index in [1.807, 2.05) is 19.2 Å². The van der Waals surface area contributed by atoms with Crippen LogP contribution in [0.1, 0.15) is 24.5 Å². The van der Waals surface area contributed by atoms with Crippen molar-refractivity contribution < 1.29 is 0 Å². The first-order valence-corrected chi connectivity index (χ1v) is 7.00. The van der Waals surface area contributed by atoms with Gasteiger partial charge in [0.05, 0.1) is 0 Å². The number of benzene rings is 1. The molecule has 106 valence electrons. The van der Waals surface area contributed by atoms with Gasteiger partial charge in [-0.2, -0.15) is 0 Å². The van der Waals surface area contributed by atoms with Crippen LogP contribution in [0.4, 0.5) is 17.3 Å². The summed E-state index contributed by atoms with van der Waals surface area (Å²) in [6.07, 6.45) is 2.70. The molecule has 0 saturated heterocycles. The largest absolute Gasteiger partial charge is 0.370 e. The number of para-hydroxylation sites is 1. The lowest BCUT2D eigenvalue weighted by Gasteiger charge is -2.23. The summed E-state index contributed by atoms with van der Waals surface area (Å²) in [5.41, 5.74) is 3.47. The maximum absolute atomic E-state index is 4.44. The Balaban J connectivity index is 2.35. The first-order chi connectivity index (χ1) is 9.65. The van der Waals surface area contributed by atoms with E-state index in [2.05, 4.69) is 53.1 Å². The van der Waals surface area contributed by atoms with Crippen molar-refractivity contribution in [1.29, 1.82) is 0 Å². The van der Waals surface area contributed by atoms with Gasteiger partial charge in [0.2, 0.25) is 0 Å². The summed E-state index contributed by atoms with van der Waals surface area (Å²) in [5.74, 6) is 1.85. The Morgan fingerprint density at radius 3 is 2.60 bits per heavy atom. The summed E-state index contributed by atoms with van der Waals surface area (Å²) in [5, 5.41) is 3.35. The molecule has 20 heavy (non-hydrogen) atoms. The van der Waals surface area contributed by atoms with E-state index in [0.717, 1.165) is 35.9 Å². The highest BCUT2D eigenvalue weighted by molar-refractivity contribution is 5.68. The molecular weight excluding hydrogens is 248 g/mol. The molecule has 0 aliphatic rings. The molecule has 0 atom stereocenters. The van der Waals surface area contributed by atoms with Gasteiger partial charge in [0.25, 0.3) is 0 Å². The Kier molecular flexibility index (Phi) is 4.56. The second-order valence-electron chi connectivity index (χ2n) is 4.94. The molecule has 0 unspecified atom stereocenters.